The molecule has 0 saturated heterocycles. The van der Waals surface area contributed by atoms with E-state index in [-0.39, 0.29) is 19.6 Å². The molecule has 0 aromatic heterocycles. The van der Waals surface area contributed by atoms with E-state index in [0.717, 1.165) is 0 Å². The van der Waals surface area contributed by atoms with Gasteiger partial charge in [-0.05, 0) is 0 Å². The molecule has 0 saturated carbocycles. The SMILES string of the molecule is O=C/C(Cl)=C(\Cl)C(Cl)=C(Cl)Cl. The fourth-order valence-electron chi connectivity index (χ4n) is 0.240. The number of carbonyl (C=O) groups is 1. The van der Waals surface area contributed by atoms with Gasteiger partial charge in [0.15, 0.2) is 6.29 Å². The first-order valence-corrected chi connectivity index (χ1v) is 4.11. The lowest BCUT2D eigenvalue weighted by Crippen LogP contribution is -1.80. The van der Waals surface area contributed by atoms with Gasteiger partial charge in [0.1, 0.15) is 9.52 Å². The highest BCUT2D eigenvalue weighted by atomic mass is 35.5. The summed E-state index contributed by atoms with van der Waals surface area (Å²) in [5.74, 6) is 0. The molecule has 0 aromatic rings. The molecule has 0 aliphatic carbocycles. The molecule has 11 heavy (non-hydrogen) atoms. The van der Waals surface area contributed by atoms with Crippen LogP contribution in [0, 0.1) is 0 Å². The molecule has 0 aromatic carbocycles. The zero-order valence-corrected chi connectivity index (χ0v) is 8.66. The minimum absolute atomic E-state index is 0.146. The van der Waals surface area contributed by atoms with Crippen molar-refractivity contribution in [1.82, 2.24) is 0 Å². The first-order valence-electron chi connectivity index (χ1n) is 2.22. The van der Waals surface area contributed by atoms with Crippen LogP contribution < -0.4 is 0 Å². The van der Waals surface area contributed by atoms with Gasteiger partial charge in [0.2, 0.25) is 0 Å². The second-order valence-electron chi connectivity index (χ2n) is 1.35. The van der Waals surface area contributed by atoms with Gasteiger partial charge in [0.05, 0.1) is 10.1 Å². The first kappa shape index (κ1) is 11.6. The van der Waals surface area contributed by atoms with Gasteiger partial charge in [-0.15, -0.1) is 0 Å². The summed E-state index contributed by atoms with van der Waals surface area (Å²) in [6.45, 7) is 0. The molecule has 0 heterocycles. The topological polar surface area (TPSA) is 17.1 Å². The predicted molar refractivity (Wildman–Crippen MR) is 49.4 cm³/mol. The maximum Gasteiger partial charge on any atom is 0.162 e. The smallest absolute Gasteiger partial charge is 0.162 e. The van der Waals surface area contributed by atoms with Crippen molar-refractivity contribution in [3.8, 4) is 0 Å². The quantitative estimate of drug-likeness (QED) is 0.416. The van der Waals surface area contributed by atoms with Gasteiger partial charge in [-0.2, -0.15) is 0 Å². The standard InChI is InChI=1S/C5HCl5O/c6-2(1-11)3(7)4(8)5(9)10/h1H/b3-2+. The molecule has 0 fully saturated rings. The summed E-state index contributed by atoms with van der Waals surface area (Å²) in [7, 11) is 0. The second-order valence-corrected chi connectivity index (χ2v) is 3.47. The molecule has 0 atom stereocenters. The van der Waals surface area contributed by atoms with E-state index in [9.17, 15) is 4.79 Å². The van der Waals surface area contributed by atoms with Crippen molar-refractivity contribution >= 4 is 64.3 Å². The summed E-state index contributed by atoms with van der Waals surface area (Å²) in [6, 6.07) is 0. The minimum atomic E-state index is -0.240. The van der Waals surface area contributed by atoms with Crippen LogP contribution in [-0.2, 0) is 4.79 Å². The number of carbonyl (C=O) groups excluding carboxylic acids is 1. The Balaban J connectivity index is 4.90. The van der Waals surface area contributed by atoms with Gasteiger partial charge in [-0.1, -0.05) is 58.0 Å². The molecular formula is C5HCl5O. The Morgan fingerprint density at radius 1 is 0.909 bits per heavy atom. The molecule has 0 radical (unpaired) electrons. The van der Waals surface area contributed by atoms with E-state index >= 15 is 0 Å². The second kappa shape index (κ2) is 5.28. The molecule has 0 amide bonds. The van der Waals surface area contributed by atoms with Crippen molar-refractivity contribution in [3.05, 3.63) is 19.6 Å². The van der Waals surface area contributed by atoms with Gasteiger partial charge in [0, 0.05) is 0 Å². The van der Waals surface area contributed by atoms with Gasteiger partial charge < -0.3 is 0 Å². The molecule has 0 bridgehead atoms. The highest BCUT2D eigenvalue weighted by Gasteiger charge is 2.08. The molecule has 6 heteroatoms. The number of hydrogen-bond donors (Lipinski definition) is 0. The van der Waals surface area contributed by atoms with Crippen LogP contribution in [0.2, 0.25) is 0 Å². The van der Waals surface area contributed by atoms with Crippen molar-refractivity contribution in [2.45, 2.75) is 0 Å². The van der Waals surface area contributed by atoms with E-state index in [1.165, 1.54) is 0 Å². The van der Waals surface area contributed by atoms with Crippen LogP contribution >= 0.6 is 58.0 Å². The third-order valence-electron chi connectivity index (χ3n) is 0.672. The van der Waals surface area contributed by atoms with Gasteiger partial charge in [0.25, 0.3) is 0 Å². The highest BCUT2D eigenvalue weighted by Crippen LogP contribution is 2.30. The number of allylic oxidation sites excluding steroid dienone is 3. The zero-order chi connectivity index (χ0) is 9.02. The number of halogens is 5. The van der Waals surface area contributed by atoms with Crippen molar-refractivity contribution in [3.63, 3.8) is 0 Å². The van der Waals surface area contributed by atoms with Crippen molar-refractivity contribution in [2.24, 2.45) is 0 Å². The van der Waals surface area contributed by atoms with E-state index in [1.807, 2.05) is 0 Å². The van der Waals surface area contributed by atoms with Gasteiger partial charge >= 0.3 is 0 Å². The average Bonchev–Trinajstić information content (AvgIpc) is 2.00. The Hall–Kier alpha value is 0.600. The van der Waals surface area contributed by atoms with Gasteiger partial charge in [-0.3, -0.25) is 4.79 Å². The largest absolute Gasteiger partial charge is 0.297 e. The van der Waals surface area contributed by atoms with Crippen LogP contribution in [0.4, 0.5) is 0 Å². The fraction of sp³-hybridized carbons (Fsp3) is 0. The van der Waals surface area contributed by atoms with E-state index < -0.39 is 0 Å². The maximum atomic E-state index is 10.0. The van der Waals surface area contributed by atoms with E-state index in [1.54, 1.807) is 0 Å². The highest BCUT2D eigenvalue weighted by molar-refractivity contribution is 6.62. The lowest BCUT2D eigenvalue weighted by atomic mass is 10.5. The van der Waals surface area contributed by atoms with E-state index in [0.29, 0.717) is 6.29 Å². The molecule has 0 aliphatic heterocycles. The molecular weight excluding hydrogens is 253 g/mol. The van der Waals surface area contributed by atoms with Crippen LogP contribution in [0.25, 0.3) is 0 Å². The Kier molecular flexibility index (Phi) is 5.57. The molecule has 62 valence electrons. The fourth-order valence-corrected chi connectivity index (χ4v) is 0.909. The lowest BCUT2D eigenvalue weighted by Gasteiger charge is -1.95. The Morgan fingerprint density at radius 2 is 1.36 bits per heavy atom. The summed E-state index contributed by atoms with van der Waals surface area (Å²) < 4.78 is -0.239. The van der Waals surface area contributed by atoms with Crippen LogP contribution in [0.15, 0.2) is 19.6 Å². The van der Waals surface area contributed by atoms with Crippen LogP contribution in [0.1, 0.15) is 0 Å². The summed E-state index contributed by atoms with van der Waals surface area (Å²) in [4.78, 5) is 10.0. The number of hydrogen-bond acceptors (Lipinski definition) is 1. The Bertz CT molecular complexity index is 225. The molecule has 1 nitrogen and oxygen atoms in total. The Labute approximate surface area is 88.5 Å². The average molecular weight is 254 g/mol. The molecule has 0 spiro atoms. The van der Waals surface area contributed by atoms with E-state index in [2.05, 4.69) is 0 Å². The van der Waals surface area contributed by atoms with Crippen LogP contribution in [0.5, 0.6) is 0 Å². The molecule has 0 unspecified atom stereocenters. The Morgan fingerprint density at radius 3 is 1.64 bits per heavy atom. The molecule has 0 rings (SSSR count). The summed E-state index contributed by atoms with van der Waals surface area (Å²) in [5, 5.41) is -0.550. The van der Waals surface area contributed by atoms with Crippen molar-refractivity contribution < 1.29 is 4.79 Å². The predicted octanol–water partition coefficient (Wildman–Crippen LogP) is 3.76. The van der Waals surface area contributed by atoms with Crippen molar-refractivity contribution in [1.29, 1.82) is 0 Å². The van der Waals surface area contributed by atoms with Gasteiger partial charge in [-0.25, -0.2) is 0 Å². The summed E-state index contributed by atoms with van der Waals surface area (Å²) in [5.41, 5.74) is 0. The molecule has 0 N–H and O–H groups in total. The number of aldehydes is 1. The minimum Gasteiger partial charge on any atom is -0.297 e. The first-order chi connectivity index (χ1) is 5.00. The maximum absolute atomic E-state index is 10.0. The zero-order valence-electron chi connectivity index (χ0n) is 4.88. The van der Waals surface area contributed by atoms with Crippen molar-refractivity contribution in [2.75, 3.05) is 0 Å². The number of rotatable bonds is 2. The normalized spacial score (nSPS) is 12.1. The lowest BCUT2D eigenvalue weighted by molar-refractivity contribution is -0.104. The third kappa shape index (κ3) is 3.68. The summed E-state index contributed by atoms with van der Waals surface area (Å²) in [6.07, 6.45) is 0.336. The molecule has 0 aliphatic rings. The van der Waals surface area contributed by atoms with E-state index in [4.69, 9.17) is 58.0 Å². The monoisotopic (exact) mass is 252 g/mol. The van der Waals surface area contributed by atoms with Crippen LogP contribution in [-0.4, -0.2) is 6.29 Å². The third-order valence-corrected chi connectivity index (χ3v) is 2.49. The van der Waals surface area contributed by atoms with Crippen LogP contribution in [0.3, 0.4) is 0 Å². The summed E-state index contributed by atoms with van der Waals surface area (Å²) >= 11 is 26.6.